The molecule has 2 aromatic carbocycles. The highest BCUT2D eigenvalue weighted by Gasteiger charge is 2.30. The molecule has 2 aliphatic rings. The van der Waals surface area contributed by atoms with Crippen LogP contribution in [0.1, 0.15) is 46.3 Å². The number of ether oxygens (including phenoxy) is 1. The normalized spacial score (nSPS) is 20.0. The number of aryl methyl sites for hydroxylation is 1. The molecule has 164 valence electrons. The molecule has 1 saturated heterocycles. The van der Waals surface area contributed by atoms with Crippen LogP contribution in [0.15, 0.2) is 40.8 Å². The molecule has 0 aromatic heterocycles. The van der Waals surface area contributed by atoms with Gasteiger partial charge >= 0.3 is 0 Å². The lowest BCUT2D eigenvalue weighted by atomic mass is 10.0. The average Bonchev–Trinajstić information content (AvgIpc) is 2.70. The first-order chi connectivity index (χ1) is 14.7. The first-order valence-electron chi connectivity index (χ1n) is 10.2. The maximum Gasteiger partial charge on any atom is 0.259 e. The van der Waals surface area contributed by atoms with Gasteiger partial charge in [-0.05, 0) is 61.6 Å². The Labute approximate surface area is 181 Å². The monoisotopic (exact) mass is 443 g/mol. The highest BCUT2D eigenvalue weighted by molar-refractivity contribution is 7.89. The molecule has 2 aliphatic heterocycles. The second-order valence-corrected chi connectivity index (χ2v) is 9.64. The second-order valence-electron chi connectivity index (χ2n) is 8.01. The first kappa shape index (κ1) is 21.2. The topological polar surface area (TPSA) is 122 Å². The molecule has 3 N–H and O–H groups in total. The fraction of sp³-hybridized carbons (Fsp3) is 0.364. The largest absolute Gasteiger partial charge is 0.508 e. The number of amidine groups is 1. The van der Waals surface area contributed by atoms with Gasteiger partial charge in [0, 0.05) is 12.1 Å². The summed E-state index contributed by atoms with van der Waals surface area (Å²) >= 11 is 0. The third-order valence-corrected chi connectivity index (χ3v) is 6.72. The molecule has 31 heavy (non-hydrogen) atoms. The summed E-state index contributed by atoms with van der Waals surface area (Å²) in [6, 6.07) is 9.85. The highest BCUT2D eigenvalue weighted by Crippen LogP contribution is 2.29. The van der Waals surface area contributed by atoms with Crippen molar-refractivity contribution in [1.29, 1.82) is 0 Å². The maximum atomic E-state index is 13.1. The SMILES string of the molecule is Cc1cc(O)cc(C(=O)N2CCCC[C@@H]2COc2cccc3c2C(N)=NS(=O)(=O)C3)c1. The van der Waals surface area contributed by atoms with E-state index in [0.29, 0.717) is 29.0 Å². The zero-order valence-electron chi connectivity index (χ0n) is 17.2. The van der Waals surface area contributed by atoms with E-state index in [1.165, 1.54) is 6.07 Å². The molecular formula is C22H25N3O5S. The van der Waals surface area contributed by atoms with Gasteiger partial charge in [0.1, 0.15) is 23.9 Å². The Morgan fingerprint density at radius 1 is 1.29 bits per heavy atom. The Morgan fingerprint density at radius 2 is 2.10 bits per heavy atom. The first-order valence-corrected chi connectivity index (χ1v) is 11.8. The van der Waals surface area contributed by atoms with Crippen molar-refractivity contribution in [3.8, 4) is 11.5 Å². The zero-order valence-corrected chi connectivity index (χ0v) is 18.1. The van der Waals surface area contributed by atoms with Gasteiger partial charge in [0.25, 0.3) is 15.9 Å². The number of likely N-dealkylation sites (tertiary alicyclic amines) is 1. The number of carbonyl (C=O) groups excluding carboxylic acids is 1. The van der Waals surface area contributed by atoms with Crippen molar-refractivity contribution in [3.63, 3.8) is 0 Å². The number of hydrogen-bond donors (Lipinski definition) is 2. The number of benzene rings is 2. The van der Waals surface area contributed by atoms with E-state index in [9.17, 15) is 18.3 Å². The predicted molar refractivity (Wildman–Crippen MR) is 117 cm³/mol. The number of hydrogen-bond acceptors (Lipinski definition) is 6. The van der Waals surface area contributed by atoms with Crippen LogP contribution in [0.5, 0.6) is 11.5 Å². The van der Waals surface area contributed by atoms with Crippen LogP contribution < -0.4 is 10.5 Å². The molecule has 4 rings (SSSR count). The Bertz CT molecular complexity index is 1140. The number of sulfonamides is 1. The van der Waals surface area contributed by atoms with Gasteiger partial charge in [-0.1, -0.05) is 12.1 Å². The van der Waals surface area contributed by atoms with Crippen LogP contribution in [-0.2, 0) is 15.8 Å². The van der Waals surface area contributed by atoms with Gasteiger partial charge in [-0.15, -0.1) is 4.40 Å². The minimum absolute atomic E-state index is 0.0637. The van der Waals surface area contributed by atoms with Crippen molar-refractivity contribution < 1.29 is 23.1 Å². The van der Waals surface area contributed by atoms with Crippen LogP contribution in [0, 0.1) is 6.92 Å². The predicted octanol–water partition coefficient (Wildman–Crippen LogP) is 2.32. The summed E-state index contributed by atoms with van der Waals surface area (Å²) in [4.78, 5) is 14.9. The quantitative estimate of drug-likeness (QED) is 0.748. The van der Waals surface area contributed by atoms with Crippen LogP contribution in [0.2, 0.25) is 0 Å². The van der Waals surface area contributed by atoms with E-state index in [1.807, 2.05) is 6.92 Å². The van der Waals surface area contributed by atoms with Crippen LogP contribution in [0.4, 0.5) is 0 Å². The van der Waals surface area contributed by atoms with E-state index in [0.717, 1.165) is 24.8 Å². The van der Waals surface area contributed by atoms with E-state index in [1.54, 1.807) is 35.2 Å². The Morgan fingerprint density at radius 3 is 2.87 bits per heavy atom. The standard InChI is InChI=1S/C22H25N3O5S/c1-14-9-16(11-18(26)10-14)22(27)25-8-3-2-6-17(25)12-30-19-7-4-5-15-13-31(28,29)24-21(23)20(15)19/h4-5,7,9-11,17,26H,2-3,6,8,12-13H2,1H3,(H2,23,24)/t17-/m1/s1. The van der Waals surface area contributed by atoms with E-state index < -0.39 is 10.0 Å². The van der Waals surface area contributed by atoms with Gasteiger partial charge in [-0.2, -0.15) is 0 Å². The molecule has 8 nitrogen and oxygen atoms in total. The van der Waals surface area contributed by atoms with Gasteiger partial charge in [0.2, 0.25) is 0 Å². The summed E-state index contributed by atoms with van der Waals surface area (Å²) < 4.78 is 33.4. The van der Waals surface area contributed by atoms with Crippen molar-refractivity contribution in [3.05, 3.63) is 58.7 Å². The van der Waals surface area contributed by atoms with Crippen molar-refractivity contribution >= 4 is 21.8 Å². The Kier molecular flexibility index (Phi) is 5.62. The van der Waals surface area contributed by atoms with E-state index in [4.69, 9.17) is 10.5 Å². The third kappa shape index (κ3) is 4.51. The molecule has 1 amide bonds. The number of fused-ring (bicyclic) bond motifs is 1. The van der Waals surface area contributed by atoms with Gasteiger partial charge < -0.3 is 20.5 Å². The molecule has 0 saturated carbocycles. The molecule has 1 fully saturated rings. The molecule has 0 aliphatic carbocycles. The molecule has 0 unspecified atom stereocenters. The van der Waals surface area contributed by atoms with Crippen LogP contribution >= 0.6 is 0 Å². The fourth-order valence-electron chi connectivity index (χ4n) is 4.21. The number of phenolic OH excluding ortho intramolecular Hbond substituents is 1. The number of nitrogens with zero attached hydrogens (tertiary/aromatic N) is 2. The number of aromatic hydroxyl groups is 1. The molecule has 1 atom stereocenters. The summed E-state index contributed by atoms with van der Waals surface area (Å²) in [5, 5.41) is 9.87. The zero-order chi connectivity index (χ0) is 22.2. The van der Waals surface area contributed by atoms with Gasteiger partial charge in [-0.3, -0.25) is 4.79 Å². The second kappa shape index (κ2) is 8.22. The van der Waals surface area contributed by atoms with E-state index in [2.05, 4.69) is 4.40 Å². The third-order valence-electron chi connectivity index (χ3n) is 5.57. The molecular weight excluding hydrogens is 418 g/mol. The van der Waals surface area contributed by atoms with Crippen molar-refractivity contribution in [2.24, 2.45) is 10.1 Å². The summed E-state index contributed by atoms with van der Waals surface area (Å²) in [6.07, 6.45) is 2.67. The van der Waals surface area contributed by atoms with Gasteiger partial charge in [0.05, 0.1) is 17.4 Å². The molecule has 2 heterocycles. The number of nitrogens with two attached hydrogens (primary N) is 1. The van der Waals surface area contributed by atoms with E-state index in [-0.39, 0.29) is 35.9 Å². The lowest BCUT2D eigenvalue weighted by molar-refractivity contribution is 0.0527. The summed E-state index contributed by atoms with van der Waals surface area (Å²) in [5.74, 6) is 0.0809. The fourth-order valence-corrected chi connectivity index (χ4v) is 5.30. The maximum absolute atomic E-state index is 13.1. The average molecular weight is 444 g/mol. The number of rotatable bonds is 4. The molecule has 0 spiro atoms. The highest BCUT2D eigenvalue weighted by atomic mass is 32.2. The van der Waals surface area contributed by atoms with E-state index >= 15 is 0 Å². The molecule has 0 radical (unpaired) electrons. The number of piperidine rings is 1. The molecule has 0 bridgehead atoms. The summed E-state index contributed by atoms with van der Waals surface area (Å²) in [5.41, 5.74) is 8.22. The number of carbonyl (C=O) groups is 1. The van der Waals surface area contributed by atoms with Gasteiger partial charge in [0.15, 0.2) is 0 Å². The van der Waals surface area contributed by atoms with Crippen LogP contribution in [-0.4, -0.2) is 49.4 Å². The summed E-state index contributed by atoms with van der Waals surface area (Å²) in [7, 11) is -3.62. The van der Waals surface area contributed by atoms with Crippen molar-refractivity contribution in [2.45, 2.75) is 38.0 Å². The minimum Gasteiger partial charge on any atom is -0.508 e. The Hall–Kier alpha value is -3.07. The smallest absolute Gasteiger partial charge is 0.259 e. The van der Waals surface area contributed by atoms with Crippen molar-refractivity contribution in [2.75, 3.05) is 13.2 Å². The molecule has 9 heteroatoms. The number of amides is 1. The molecule has 2 aromatic rings. The van der Waals surface area contributed by atoms with Crippen LogP contribution in [0.25, 0.3) is 0 Å². The summed E-state index contributed by atoms with van der Waals surface area (Å²) in [6.45, 7) is 2.69. The Balaban J connectivity index is 1.55. The lowest BCUT2D eigenvalue weighted by Gasteiger charge is -2.36. The lowest BCUT2D eigenvalue weighted by Crippen LogP contribution is -2.46. The van der Waals surface area contributed by atoms with Crippen molar-refractivity contribution in [1.82, 2.24) is 4.90 Å². The van der Waals surface area contributed by atoms with Gasteiger partial charge in [-0.25, -0.2) is 8.42 Å². The minimum atomic E-state index is -3.62. The van der Waals surface area contributed by atoms with Crippen LogP contribution in [0.3, 0.4) is 0 Å². The number of phenols is 1.